The van der Waals surface area contributed by atoms with Gasteiger partial charge in [-0.25, -0.2) is 9.97 Å². The maximum absolute atomic E-state index is 4.54. The van der Waals surface area contributed by atoms with E-state index in [1.807, 2.05) is 20.2 Å². The summed E-state index contributed by atoms with van der Waals surface area (Å²) < 4.78 is 0. The summed E-state index contributed by atoms with van der Waals surface area (Å²) >= 11 is 0. The van der Waals surface area contributed by atoms with Crippen molar-refractivity contribution in [2.45, 2.75) is 33.7 Å². The summed E-state index contributed by atoms with van der Waals surface area (Å²) in [6.45, 7) is 8.26. The highest BCUT2D eigenvalue weighted by Crippen LogP contribution is 2.16. The van der Waals surface area contributed by atoms with Crippen molar-refractivity contribution >= 4 is 5.82 Å². The SMILES string of the molecule is CNCc1cnc(C)nc1N(C)CCC(C)C. The van der Waals surface area contributed by atoms with Crippen LogP contribution in [0.2, 0.25) is 0 Å². The third-order valence-corrected chi connectivity index (χ3v) is 2.73. The molecule has 0 aliphatic carbocycles. The molecule has 1 heterocycles. The van der Waals surface area contributed by atoms with E-state index in [2.05, 4.69) is 41.1 Å². The molecule has 96 valence electrons. The van der Waals surface area contributed by atoms with Crippen LogP contribution in [0, 0.1) is 12.8 Å². The standard InChI is InChI=1S/C13H24N4/c1-10(2)6-7-17(5)13-12(8-14-4)9-15-11(3)16-13/h9-10,14H,6-8H2,1-5H3. The highest BCUT2D eigenvalue weighted by molar-refractivity contribution is 5.45. The Balaban J connectivity index is 2.81. The Morgan fingerprint density at radius 1 is 1.41 bits per heavy atom. The van der Waals surface area contributed by atoms with Gasteiger partial charge in [-0.1, -0.05) is 13.8 Å². The highest BCUT2D eigenvalue weighted by atomic mass is 15.2. The lowest BCUT2D eigenvalue weighted by Gasteiger charge is -2.22. The van der Waals surface area contributed by atoms with E-state index in [1.54, 1.807) is 0 Å². The van der Waals surface area contributed by atoms with Gasteiger partial charge < -0.3 is 10.2 Å². The van der Waals surface area contributed by atoms with Crippen LogP contribution in [-0.4, -0.2) is 30.6 Å². The van der Waals surface area contributed by atoms with Gasteiger partial charge >= 0.3 is 0 Å². The van der Waals surface area contributed by atoms with Crippen LogP contribution in [0.3, 0.4) is 0 Å². The first kappa shape index (κ1) is 13.9. The summed E-state index contributed by atoms with van der Waals surface area (Å²) in [4.78, 5) is 11.0. The summed E-state index contributed by atoms with van der Waals surface area (Å²) in [5.74, 6) is 2.59. The van der Waals surface area contributed by atoms with Crippen molar-refractivity contribution in [3.8, 4) is 0 Å². The third-order valence-electron chi connectivity index (χ3n) is 2.73. The lowest BCUT2D eigenvalue weighted by Crippen LogP contribution is -2.24. The van der Waals surface area contributed by atoms with Crippen LogP contribution < -0.4 is 10.2 Å². The van der Waals surface area contributed by atoms with Gasteiger partial charge in [-0.2, -0.15) is 0 Å². The Bertz CT molecular complexity index is 349. The smallest absolute Gasteiger partial charge is 0.136 e. The largest absolute Gasteiger partial charge is 0.359 e. The molecule has 4 nitrogen and oxygen atoms in total. The molecule has 0 spiro atoms. The minimum absolute atomic E-state index is 0.716. The molecule has 0 fully saturated rings. The molecule has 1 aromatic heterocycles. The molecule has 0 saturated carbocycles. The van der Waals surface area contributed by atoms with Crippen molar-refractivity contribution in [3.05, 3.63) is 17.6 Å². The predicted octanol–water partition coefficient (Wildman–Crippen LogP) is 1.99. The number of nitrogens with zero attached hydrogens (tertiary/aromatic N) is 3. The van der Waals surface area contributed by atoms with E-state index >= 15 is 0 Å². The number of hydrogen-bond acceptors (Lipinski definition) is 4. The van der Waals surface area contributed by atoms with E-state index in [1.165, 1.54) is 6.42 Å². The molecule has 1 aromatic rings. The fourth-order valence-electron chi connectivity index (χ4n) is 1.69. The third kappa shape index (κ3) is 4.30. The number of rotatable bonds is 6. The summed E-state index contributed by atoms with van der Waals surface area (Å²) in [7, 11) is 4.04. The Labute approximate surface area is 104 Å². The van der Waals surface area contributed by atoms with Crippen molar-refractivity contribution in [2.24, 2.45) is 5.92 Å². The lowest BCUT2D eigenvalue weighted by atomic mass is 10.1. The first-order valence-corrected chi connectivity index (χ1v) is 6.22. The van der Waals surface area contributed by atoms with E-state index in [0.717, 1.165) is 30.3 Å². The van der Waals surface area contributed by atoms with Crippen LogP contribution in [-0.2, 0) is 6.54 Å². The molecule has 0 aromatic carbocycles. The van der Waals surface area contributed by atoms with Crippen molar-refractivity contribution in [1.82, 2.24) is 15.3 Å². The van der Waals surface area contributed by atoms with Crippen LogP contribution in [0.15, 0.2) is 6.20 Å². The normalized spacial score (nSPS) is 10.9. The van der Waals surface area contributed by atoms with Gasteiger partial charge in [-0.15, -0.1) is 0 Å². The van der Waals surface area contributed by atoms with Crippen molar-refractivity contribution in [2.75, 3.05) is 25.5 Å². The molecular formula is C13H24N4. The van der Waals surface area contributed by atoms with E-state index in [-0.39, 0.29) is 0 Å². The average Bonchev–Trinajstić information content (AvgIpc) is 2.28. The van der Waals surface area contributed by atoms with Crippen LogP contribution in [0.1, 0.15) is 31.7 Å². The van der Waals surface area contributed by atoms with E-state index < -0.39 is 0 Å². The van der Waals surface area contributed by atoms with Gasteiger partial charge in [0.2, 0.25) is 0 Å². The topological polar surface area (TPSA) is 41.1 Å². The zero-order chi connectivity index (χ0) is 12.8. The van der Waals surface area contributed by atoms with Gasteiger partial charge in [0.1, 0.15) is 11.6 Å². The first-order valence-electron chi connectivity index (χ1n) is 6.22. The second kappa shape index (κ2) is 6.55. The molecule has 0 unspecified atom stereocenters. The van der Waals surface area contributed by atoms with Gasteiger partial charge in [0.15, 0.2) is 0 Å². The monoisotopic (exact) mass is 236 g/mol. The Morgan fingerprint density at radius 3 is 2.71 bits per heavy atom. The highest BCUT2D eigenvalue weighted by Gasteiger charge is 2.10. The second-order valence-corrected chi connectivity index (χ2v) is 4.90. The molecule has 0 amide bonds. The van der Waals surface area contributed by atoms with Gasteiger partial charge in [0.25, 0.3) is 0 Å². The molecule has 0 atom stereocenters. The fraction of sp³-hybridized carbons (Fsp3) is 0.692. The van der Waals surface area contributed by atoms with E-state index in [9.17, 15) is 0 Å². The van der Waals surface area contributed by atoms with Crippen molar-refractivity contribution < 1.29 is 0 Å². The van der Waals surface area contributed by atoms with E-state index in [0.29, 0.717) is 5.92 Å². The average molecular weight is 236 g/mol. The van der Waals surface area contributed by atoms with Crippen LogP contribution >= 0.6 is 0 Å². The molecule has 4 heteroatoms. The Morgan fingerprint density at radius 2 is 2.12 bits per heavy atom. The Kier molecular flexibility index (Phi) is 5.35. The van der Waals surface area contributed by atoms with Gasteiger partial charge in [-0.3, -0.25) is 0 Å². The quantitative estimate of drug-likeness (QED) is 0.820. The van der Waals surface area contributed by atoms with Crippen LogP contribution in [0.25, 0.3) is 0 Å². The number of hydrogen-bond donors (Lipinski definition) is 1. The van der Waals surface area contributed by atoms with Gasteiger partial charge in [0.05, 0.1) is 0 Å². The molecule has 0 aliphatic heterocycles. The number of aryl methyl sites for hydroxylation is 1. The fourth-order valence-corrected chi connectivity index (χ4v) is 1.69. The molecule has 0 aliphatic rings. The van der Waals surface area contributed by atoms with Gasteiger partial charge in [0, 0.05) is 31.9 Å². The van der Waals surface area contributed by atoms with Crippen LogP contribution in [0.4, 0.5) is 5.82 Å². The molecule has 0 radical (unpaired) electrons. The van der Waals surface area contributed by atoms with E-state index in [4.69, 9.17) is 0 Å². The summed E-state index contributed by atoms with van der Waals surface area (Å²) in [6, 6.07) is 0. The second-order valence-electron chi connectivity index (χ2n) is 4.90. The van der Waals surface area contributed by atoms with Crippen molar-refractivity contribution in [1.29, 1.82) is 0 Å². The number of anilines is 1. The molecule has 0 bridgehead atoms. The summed E-state index contributed by atoms with van der Waals surface area (Å²) in [5, 5.41) is 3.16. The summed E-state index contributed by atoms with van der Waals surface area (Å²) in [5.41, 5.74) is 1.16. The predicted molar refractivity (Wildman–Crippen MR) is 72.3 cm³/mol. The maximum atomic E-state index is 4.54. The minimum atomic E-state index is 0.716. The maximum Gasteiger partial charge on any atom is 0.136 e. The molecule has 1 rings (SSSR count). The molecule has 1 N–H and O–H groups in total. The number of nitrogens with one attached hydrogen (secondary N) is 1. The minimum Gasteiger partial charge on any atom is -0.359 e. The zero-order valence-corrected chi connectivity index (χ0v) is 11.6. The number of aromatic nitrogens is 2. The molecule has 0 saturated heterocycles. The molecular weight excluding hydrogens is 212 g/mol. The van der Waals surface area contributed by atoms with Crippen molar-refractivity contribution in [3.63, 3.8) is 0 Å². The molecule has 17 heavy (non-hydrogen) atoms. The van der Waals surface area contributed by atoms with Gasteiger partial charge in [-0.05, 0) is 26.3 Å². The Hall–Kier alpha value is -1.16. The summed E-state index contributed by atoms with van der Waals surface area (Å²) in [6.07, 6.45) is 3.10. The first-order chi connectivity index (χ1) is 8.04. The zero-order valence-electron chi connectivity index (χ0n) is 11.6. The van der Waals surface area contributed by atoms with Crippen LogP contribution in [0.5, 0.6) is 0 Å². The lowest BCUT2D eigenvalue weighted by molar-refractivity contribution is 0.582.